The molecule has 1 saturated carbocycles. The third kappa shape index (κ3) is 7.61. The lowest BCUT2D eigenvalue weighted by Gasteiger charge is -2.52. The number of hydrogen-bond donors (Lipinski definition) is 4. The lowest BCUT2D eigenvalue weighted by atomic mass is 9.79. The van der Waals surface area contributed by atoms with Gasteiger partial charge in [-0.05, 0) is 73.4 Å². The smallest absolute Gasteiger partial charge is 0.335 e. The second kappa shape index (κ2) is 15.2. The third-order valence-electron chi connectivity index (χ3n) is 10.2. The number of rotatable bonds is 11. The number of benzene rings is 2. The molecule has 3 amide bonds. The van der Waals surface area contributed by atoms with Crippen LogP contribution in [0.2, 0.25) is 0 Å². The number of nitrogens with one attached hydrogen (secondary N) is 2. The van der Waals surface area contributed by atoms with Crippen molar-refractivity contribution in [2.24, 2.45) is 5.92 Å². The summed E-state index contributed by atoms with van der Waals surface area (Å²) in [6, 6.07) is 13.0. The molecule has 1 aliphatic carbocycles. The van der Waals surface area contributed by atoms with Gasteiger partial charge in [0.25, 0.3) is 5.91 Å². The minimum atomic E-state index is -1.03. The number of carbonyl (C=O) groups is 4. The van der Waals surface area contributed by atoms with E-state index in [0.717, 1.165) is 62.5 Å². The highest BCUT2D eigenvalue weighted by molar-refractivity contribution is 6.00. The minimum Gasteiger partial charge on any atom is -0.478 e. The van der Waals surface area contributed by atoms with E-state index in [1.54, 1.807) is 0 Å². The molecule has 248 valence electrons. The Hall–Kier alpha value is -3.76. The number of amides is 3. The van der Waals surface area contributed by atoms with Crippen LogP contribution in [0.5, 0.6) is 0 Å². The summed E-state index contributed by atoms with van der Waals surface area (Å²) >= 11 is 0. The average Bonchev–Trinajstić information content (AvgIpc) is 3.36. The van der Waals surface area contributed by atoms with E-state index >= 15 is 0 Å². The van der Waals surface area contributed by atoms with Crippen molar-refractivity contribution in [3.63, 3.8) is 0 Å². The average molecular weight is 633 g/mol. The molecule has 0 unspecified atom stereocenters. The normalized spacial score (nSPS) is 21.4. The van der Waals surface area contributed by atoms with E-state index in [1.165, 1.54) is 24.3 Å². The molecule has 0 radical (unpaired) electrons. The molecule has 0 bridgehead atoms. The molecule has 2 aromatic rings. The fraction of sp³-hybridized carbons (Fsp3) is 0.556. The number of carboxylic acid groups (broad SMARTS) is 1. The lowest BCUT2D eigenvalue weighted by molar-refractivity contribution is -0.165. The number of likely N-dealkylation sites (tertiary alicyclic amines) is 1. The number of hydrogen-bond acceptors (Lipinski definition) is 6. The number of nitrogens with zero attached hydrogens (tertiary/aromatic N) is 2. The van der Waals surface area contributed by atoms with Gasteiger partial charge in [0.2, 0.25) is 11.8 Å². The van der Waals surface area contributed by atoms with Crippen LogP contribution in [0.1, 0.15) is 103 Å². The van der Waals surface area contributed by atoms with Crippen LogP contribution in [0.25, 0.3) is 0 Å². The third-order valence-corrected chi connectivity index (χ3v) is 10.2. The molecule has 0 aromatic heterocycles. The summed E-state index contributed by atoms with van der Waals surface area (Å²) in [4.78, 5) is 55.4. The number of piperazine rings is 1. The molecule has 3 aliphatic rings. The van der Waals surface area contributed by atoms with Crippen LogP contribution < -0.4 is 10.6 Å². The first-order valence-electron chi connectivity index (χ1n) is 16.9. The Labute approximate surface area is 271 Å². The largest absolute Gasteiger partial charge is 0.478 e. The zero-order valence-corrected chi connectivity index (χ0v) is 26.9. The van der Waals surface area contributed by atoms with Crippen molar-refractivity contribution in [2.75, 3.05) is 19.6 Å². The Bertz CT molecular complexity index is 1360. The van der Waals surface area contributed by atoms with E-state index in [-0.39, 0.29) is 29.2 Å². The Balaban J connectivity index is 1.16. The molecule has 2 saturated heterocycles. The van der Waals surface area contributed by atoms with Crippen molar-refractivity contribution in [2.45, 2.75) is 102 Å². The van der Waals surface area contributed by atoms with Crippen LogP contribution in [0, 0.1) is 5.92 Å². The number of aliphatic hydroxyl groups is 1. The van der Waals surface area contributed by atoms with Crippen LogP contribution in [-0.4, -0.2) is 81.0 Å². The highest BCUT2D eigenvalue weighted by Gasteiger charge is 2.55. The molecule has 2 aliphatic heterocycles. The fourth-order valence-electron chi connectivity index (χ4n) is 7.28. The number of carbonyl (C=O) groups excluding carboxylic acids is 3. The molecule has 10 heteroatoms. The number of carboxylic acids is 1. The van der Waals surface area contributed by atoms with Crippen LogP contribution in [0.3, 0.4) is 0 Å². The second-order valence-electron chi connectivity index (χ2n) is 13.2. The van der Waals surface area contributed by atoms with Gasteiger partial charge >= 0.3 is 5.97 Å². The molecule has 1 spiro atoms. The van der Waals surface area contributed by atoms with Crippen LogP contribution >= 0.6 is 0 Å². The van der Waals surface area contributed by atoms with Crippen molar-refractivity contribution in [1.82, 2.24) is 20.4 Å². The van der Waals surface area contributed by atoms with Gasteiger partial charge in [0.1, 0.15) is 11.6 Å². The number of piperidine rings is 1. The van der Waals surface area contributed by atoms with Gasteiger partial charge in [-0.2, -0.15) is 0 Å². The van der Waals surface area contributed by atoms with Crippen molar-refractivity contribution in [1.29, 1.82) is 0 Å². The van der Waals surface area contributed by atoms with Gasteiger partial charge in [0, 0.05) is 38.3 Å². The minimum absolute atomic E-state index is 0.0427. The quantitative estimate of drug-likeness (QED) is 0.274. The summed E-state index contributed by atoms with van der Waals surface area (Å²) in [7, 11) is 0. The lowest BCUT2D eigenvalue weighted by Crippen LogP contribution is -2.75. The van der Waals surface area contributed by atoms with Gasteiger partial charge in [-0.25, -0.2) is 4.79 Å². The SMILES string of the molecule is CCCCN1C(=O)[C@@H]([C@H](O)C2CCCCCC2)NC(=O)C12CCN(Cc1ccc(CNC(=O)c3ccc(C(=O)O)cc3)cc1)CC2. The molecule has 5 rings (SSSR count). The van der Waals surface area contributed by atoms with Crippen molar-refractivity contribution in [3.05, 3.63) is 70.8 Å². The summed E-state index contributed by atoms with van der Waals surface area (Å²) in [5, 5.41) is 26.2. The zero-order valence-electron chi connectivity index (χ0n) is 26.9. The molecule has 10 nitrogen and oxygen atoms in total. The van der Waals surface area contributed by atoms with Crippen molar-refractivity contribution >= 4 is 23.7 Å². The highest BCUT2D eigenvalue weighted by Crippen LogP contribution is 2.36. The number of aromatic carboxylic acids is 1. The molecular weight excluding hydrogens is 584 g/mol. The standard InChI is InChI=1S/C36H48N4O6/c1-2-3-20-40-33(43)30(31(41)27-8-6-4-5-7-9-27)38-35(46)36(40)18-21-39(22-19-36)24-26-12-10-25(11-13-26)23-37-32(42)28-14-16-29(17-15-28)34(44)45/h10-17,27,30-31,41H,2-9,18-24H2,1H3,(H,37,42)(H,38,46)(H,44,45)/t30-,31-/m1/s1. The van der Waals surface area contributed by atoms with Gasteiger partial charge in [-0.3, -0.25) is 19.3 Å². The van der Waals surface area contributed by atoms with Crippen LogP contribution in [0.15, 0.2) is 48.5 Å². The van der Waals surface area contributed by atoms with Crippen molar-refractivity contribution in [3.8, 4) is 0 Å². The Morgan fingerprint density at radius 1 is 0.935 bits per heavy atom. The van der Waals surface area contributed by atoms with Gasteiger partial charge in [0.05, 0.1) is 11.7 Å². The zero-order chi connectivity index (χ0) is 32.7. The van der Waals surface area contributed by atoms with Gasteiger partial charge in [-0.1, -0.05) is 63.3 Å². The maximum Gasteiger partial charge on any atom is 0.335 e. The monoisotopic (exact) mass is 632 g/mol. The molecule has 3 fully saturated rings. The van der Waals surface area contributed by atoms with E-state index in [0.29, 0.717) is 51.1 Å². The number of aliphatic hydroxyl groups excluding tert-OH is 1. The Morgan fingerprint density at radius 3 is 2.15 bits per heavy atom. The topological polar surface area (TPSA) is 139 Å². The first-order valence-corrected chi connectivity index (χ1v) is 16.9. The predicted octanol–water partition coefficient (Wildman–Crippen LogP) is 4.11. The molecule has 2 aromatic carbocycles. The van der Waals surface area contributed by atoms with E-state index in [2.05, 4.69) is 22.5 Å². The van der Waals surface area contributed by atoms with Crippen LogP contribution in [0.4, 0.5) is 0 Å². The molecule has 46 heavy (non-hydrogen) atoms. The van der Waals surface area contributed by atoms with E-state index in [4.69, 9.17) is 5.11 Å². The number of unbranched alkanes of at least 4 members (excludes halogenated alkanes) is 1. The predicted molar refractivity (Wildman–Crippen MR) is 174 cm³/mol. The van der Waals surface area contributed by atoms with Crippen LogP contribution in [-0.2, 0) is 22.7 Å². The molecule has 2 heterocycles. The summed E-state index contributed by atoms with van der Waals surface area (Å²) < 4.78 is 0. The van der Waals surface area contributed by atoms with Gasteiger partial charge in [-0.15, -0.1) is 0 Å². The van der Waals surface area contributed by atoms with Crippen molar-refractivity contribution < 1.29 is 29.4 Å². The highest BCUT2D eigenvalue weighted by atomic mass is 16.4. The molecule has 2 atom stereocenters. The Kier molecular flexibility index (Phi) is 11.1. The van der Waals surface area contributed by atoms with E-state index in [1.807, 2.05) is 29.2 Å². The second-order valence-corrected chi connectivity index (χ2v) is 13.2. The summed E-state index contributed by atoms with van der Waals surface area (Å²) in [5.41, 5.74) is 1.72. The first-order chi connectivity index (χ1) is 22.2. The summed E-state index contributed by atoms with van der Waals surface area (Å²) in [6.07, 6.45) is 8.23. The summed E-state index contributed by atoms with van der Waals surface area (Å²) in [5.74, 6) is -1.51. The van der Waals surface area contributed by atoms with Gasteiger partial charge < -0.3 is 25.7 Å². The first kappa shape index (κ1) is 33.6. The fourth-order valence-corrected chi connectivity index (χ4v) is 7.28. The van der Waals surface area contributed by atoms with E-state index in [9.17, 15) is 24.3 Å². The summed E-state index contributed by atoms with van der Waals surface area (Å²) in [6.45, 7) is 5.03. The Morgan fingerprint density at radius 2 is 1.54 bits per heavy atom. The molecule has 4 N–H and O–H groups in total. The van der Waals surface area contributed by atoms with E-state index < -0.39 is 23.7 Å². The maximum absolute atomic E-state index is 13.9. The maximum atomic E-state index is 13.9. The molecular formula is C36H48N4O6. The van der Waals surface area contributed by atoms with Gasteiger partial charge in [0.15, 0.2) is 0 Å².